The van der Waals surface area contributed by atoms with Gasteiger partial charge in [0.2, 0.25) is 0 Å². The smallest absolute Gasteiger partial charge is 0.307 e. The Morgan fingerprint density at radius 3 is 2.40 bits per heavy atom. The number of para-hydroxylation sites is 1. The average molecular weight is 270 g/mol. The third-order valence-electron chi connectivity index (χ3n) is 2.84. The van der Waals surface area contributed by atoms with Gasteiger partial charge in [0.05, 0.1) is 16.9 Å². The van der Waals surface area contributed by atoms with Crippen molar-refractivity contribution in [3.05, 3.63) is 73.8 Å². The third kappa shape index (κ3) is 2.01. The van der Waals surface area contributed by atoms with Crippen LogP contribution in [0.15, 0.2) is 57.0 Å². The van der Waals surface area contributed by atoms with Gasteiger partial charge in [-0.25, -0.2) is 9.48 Å². The molecule has 0 saturated heterocycles. The summed E-state index contributed by atoms with van der Waals surface area (Å²) in [5.41, 5.74) is -0.505. The first kappa shape index (κ1) is 12.0. The Labute approximate surface area is 111 Å². The number of hydrogen-bond donors (Lipinski definition) is 3. The molecule has 0 aliphatic carbocycles. The van der Waals surface area contributed by atoms with Gasteiger partial charge in [-0.3, -0.25) is 19.7 Å². The van der Waals surface area contributed by atoms with Crippen molar-refractivity contribution in [2.24, 2.45) is 0 Å². The van der Waals surface area contributed by atoms with E-state index in [1.54, 1.807) is 24.3 Å². The van der Waals surface area contributed by atoms with E-state index in [4.69, 9.17) is 0 Å². The van der Waals surface area contributed by atoms with Gasteiger partial charge >= 0.3 is 5.69 Å². The molecule has 0 atom stereocenters. The van der Waals surface area contributed by atoms with Gasteiger partial charge in [0.25, 0.3) is 11.1 Å². The highest BCUT2D eigenvalue weighted by atomic mass is 16.2. The number of benzene rings is 1. The zero-order valence-electron chi connectivity index (χ0n) is 10.2. The van der Waals surface area contributed by atoms with Crippen LogP contribution in [0.4, 0.5) is 0 Å². The molecule has 3 aromatic rings. The van der Waals surface area contributed by atoms with Crippen LogP contribution in [0.3, 0.4) is 0 Å². The summed E-state index contributed by atoms with van der Waals surface area (Å²) in [6, 6.07) is 10.1. The molecule has 3 N–H and O–H groups in total. The summed E-state index contributed by atoms with van der Waals surface area (Å²) in [7, 11) is 0. The van der Waals surface area contributed by atoms with Crippen molar-refractivity contribution in [1.82, 2.24) is 19.7 Å². The van der Waals surface area contributed by atoms with Crippen LogP contribution in [0.2, 0.25) is 0 Å². The first-order valence-corrected chi connectivity index (χ1v) is 5.85. The molecule has 20 heavy (non-hydrogen) atoms. The van der Waals surface area contributed by atoms with E-state index in [1.165, 1.54) is 16.9 Å². The standard InChI is InChI=1S/C13H10N4O3/c18-11-6-10(15-13(20)16-11)9-7-14-17(12(9)19)8-4-2-1-3-5-8/h1-7,14H,(H2,15,16,18,20). The van der Waals surface area contributed by atoms with Crippen LogP contribution in [-0.2, 0) is 0 Å². The number of hydrogen-bond acceptors (Lipinski definition) is 3. The second-order valence-electron chi connectivity index (χ2n) is 4.16. The van der Waals surface area contributed by atoms with Crippen molar-refractivity contribution in [3.8, 4) is 16.9 Å². The Bertz CT molecular complexity index is 887. The highest BCUT2D eigenvalue weighted by Crippen LogP contribution is 2.10. The fraction of sp³-hybridized carbons (Fsp3) is 0. The van der Waals surface area contributed by atoms with E-state index in [9.17, 15) is 14.4 Å². The van der Waals surface area contributed by atoms with E-state index < -0.39 is 11.2 Å². The zero-order valence-corrected chi connectivity index (χ0v) is 10.2. The zero-order chi connectivity index (χ0) is 14.1. The molecule has 0 radical (unpaired) electrons. The van der Waals surface area contributed by atoms with Crippen molar-refractivity contribution in [2.75, 3.05) is 0 Å². The highest BCUT2D eigenvalue weighted by Gasteiger charge is 2.11. The third-order valence-corrected chi connectivity index (χ3v) is 2.84. The van der Waals surface area contributed by atoms with Gasteiger partial charge in [0.15, 0.2) is 0 Å². The Morgan fingerprint density at radius 1 is 0.950 bits per heavy atom. The molecule has 0 saturated carbocycles. The Morgan fingerprint density at radius 2 is 1.70 bits per heavy atom. The number of nitrogens with zero attached hydrogens (tertiary/aromatic N) is 1. The lowest BCUT2D eigenvalue weighted by atomic mass is 10.2. The summed E-state index contributed by atoms with van der Waals surface area (Å²) in [4.78, 5) is 39.3. The maximum Gasteiger partial charge on any atom is 0.326 e. The summed E-state index contributed by atoms with van der Waals surface area (Å²) in [5, 5.41) is 2.80. The van der Waals surface area contributed by atoms with Crippen LogP contribution in [-0.4, -0.2) is 19.7 Å². The fourth-order valence-corrected chi connectivity index (χ4v) is 1.95. The molecule has 1 aromatic carbocycles. The van der Waals surface area contributed by atoms with Gasteiger partial charge < -0.3 is 4.98 Å². The molecule has 7 heteroatoms. The molecule has 0 bridgehead atoms. The molecule has 3 rings (SSSR count). The number of rotatable bonds is 2. The summed E-state index contributed by atoms with van der Waals surface area (Å²) >= 11 is 0. The predicted molar refractivity (Wildman–Crippen MR) is 73.1 cm³/mol. The van der Waals surface area contributed by atoms with E-state index >= 15 is 0 Å². The summed E-state index contributed by atoms with van der Waals surface area (Å²) in [5.74, 6) is 0. The van der Waals surface area contributed by atoms with Crippen molar-refractivity contribution < 1.29 is 0 Å². The minimum Gasteiger partial charge on any atom is -0.307 e. The number of aromatic amines is 3. The molecule has 0 unspecified atom stereocenters. The van der Waals surface area contributed by atoms with Crippen molar-refractivity contribution in [2.45, 2.75) is 0 Å². The molecular formula is C13H10N4O3. The van der Waals surface area contributed by atoms with Crippen LogP contribution in [0.25, 0.3) is 16.9 Å². The van der Waals surface area contributed by atoms with E-state index in [-0.39, 0.29) is 16.8 Å². The van der Waals surface area contributed by atoms with Crippen LogP contribution >= 0.6 is 0 Å². The molecule has 2 aromatic heterocycles. The minimum absolute atomic E-state index is 0.176. The van der Waals surface area contributed by atoms with Crippen LogP contribution in [0, 0.1) is 0 Å². The van der Waals surface area contributed by atoms with E-state index in [1.807, 2.05) is 6.07 Å². The van der Waals surface area contributed by atoms with Gasteiger partial charge in [0.1, 0.15) is 0 Å². The molecule has 0 spiro atoms. The molecule has 2 heterocycles. The maximum atomic E-state index is 12.3. The van der Waals surface area contributed by atoms with E-state index in [0.29, 0.717) is 5.69 Å². The molecular weight excluding hydrogens is 260 g/mol. The van der Waals surface area contributed by atoms with Crippen LogP contribution < -0.4 is 16.8 Å². The van der Waals surface area contributed by atoms with Crippen molar-refractivity contribution in [1.29, 1.82) is 0 Å². The van der Waals surface area contributed by atoms with Gasteiger partial charge in [-0.2, -0.15) is 0 Å². The molecule has 0 aliphatic rings. The quantitative estimate of drug-likeness (QED) is 0.620. The number of nitrogens with one attached hydrogen (secondary N) is 3. The second kappa shape index (κ2) is 4.54. The molecule has 7 nitrogen and oxygen atoms in total. The van der Waals surface area contributed by atoms with E-state index in [0.717, 1.165) is 0 Å². The van der Waals surface area contributed by atoms with Gasteiger partial charge in [-0.1, -0.05) is 18.2 Å². The lowest BCUT2D eigenvalue weighted by molar-refractivity contribution is 0.849. The van der Waals surface area contributed by atoms with Crippen LogP contribution in [0.5, 0.6) is 0 Å². The molecule has 0 fully saturated rings. The SMILES string of the molecule is O=c1cc(-c2c[nH]n(-c3ccccc3)c2=O)[nH]c(=O)[nH]1. The fourth-order valence-electron chi connectivity index (χ4n) is 1.95. The Kier molecular flexibility index (Phi) is 2.72. The lowest BCUT2D eigenvalue weighted by Crippen LogP contribution is -2.23. The first-order chi connectivity index (χ1) is 9.65. The topological polar surface area (TPSA) is 104 Å². The van der Waals surface area contributed by atoms with Crippen molar-refractivity contribution in [3.63, 3.8) is 0 Å². The highest BCUT2D eigenvalue weighted by molar-refractivity contribution is 5.56. The second-order valence-corrected chi connectivity index (χ2v) is 4.16. The first-order valence-electron chi connectivity index (χ1n) is 5.85. The van der Waals surface area contributed by atoms with Crippen molar-refractivity contribution >= 4 is 0 Å². The molecule has 0 aliphatic heterocycles. The largest absolute Gasteiger partial charge is 0.326 e. The summed E-state index contributed by atoms with van der Waals surface area (Å²) < 4.78 is 1.33. The molecule has 100 valence electrons. The summed E-state index contributed by atoms with van der Waals surface area (Å²) in [6.07, 6.45) is 1.44. The Hall–Kier alpha value is -3.09. The lowest BCUT2D eigenvalue weighted by Gasteiger charge is -1.99. The normalized spacial score (nSPS) is 10.6. The molecule has 0 amide bonds. The predicted octanol–water partition coefficient (Wildman–Crippen LogP) is 0.209. The minimum atomic E-state index is -0.653. The maximum absolute atomic E-state index is 12.3. The Balaban J connectivity index is 2.19. The van der Waals surface area contributed by atoms with Gasteiger partial charge in [-0.15, -0.1) is 0 Å². The van der Waals surface area contributed by atoms with Crippen LogP contribution in [0.1, 0.15) is 0 Å². The van der Waals surface area contributed by atoms with Gasteiger partial charge in [0, 0.05) is 12.3 Å². The van der Waals surface area contributed by atoms with Gasteiger partial charge in [-0.05, 0) is 12.1 Å². The average Bonchev–Trinajstić information content (AvgIpc) is 2.80. The number of aromatic nitrogens is 4. The summed E-state index contributed by atoms with van der Waals surface area (Å²) in [6.45, 7) is 0. The monoisotopic (exact) mass is 270 g/mol. The van der Waals surface area contributed by atoms with E-state index in [2.05, 4.69) is 15.1 Å². The number of H-pyrrole nitrogens is 3.